The summed E-state index contributed by atoms with van der Waals surface area (Å²) >= 11 is 0. The van der Waals surface area contributed by atoms with Gasteiger partial charge in [0.2, 0.25) is 11.8 Å². The van der Waals surface area contributed by atoms with Crippen LogP contribution in [0.3, 0.4) is 0 Å². The second-order valence-electron chi connectivity index (χ2n) is 5.99. The highest BCUT2D eigenvalue weighted by Crippen LogP contribution is 2.37. The van der Waals surface area contributed by atoms with Gasteiger partial charge in [-0.1, -0.05) is 12.1 Å². The van der Waals surface area contributed by atoms with Crippen LogP contribution in [-0.4, -0.2) is 23.8 Å². The Hall–Kier alpha value is -3.20. The van der Waals surface area contributed by atoms with Gasteiger partial charge in [0.15, 0.2) is 0 Å². The van der Waals surface area contributed by atoms with E-state index in [1.165, 1.54) is 17.0 Å². The first-order valence-corrected chi connectivity index (χ1v) is 7.82. The van der Waals surface area contributed by atoms with Crippen LogP contribution >= 0.6 is 0 Å². The van der Waals surface area contributed by atoms with Crippen LogP contribution in [0.2, 0.25) is 0 Å². The number of nitriles is 1. The largest absolute Gasteiger partial charge is 0.338 e. The van der Waals surface area contributed by atoms with Gasteiger partial charge < -0.3 is 10.2 Å². The van der Waals surface area contributed by atoms with Gasteiger partial charge in [0.05, 0.1) is 23.6 Å². The molecule has 1 saturated heterocycles. The molecule has 1 heterocycles. The van der Waals surface area contributed by atoms with Crippen LogP contribution in [0.5, 0.6) is 0 Å². The van der Waals surface area contributed by atoms with E-state index in [0.29, 0.717) is 11.3 Å². The minimum absolute atomic E-state index is 0.0979. The minimum atomic E-state index is -0.571. The van der Waals surface area contributed by atoms with Gasteiger partial charge >= 0.3 is 0 Å². The molecule has 1 N–H and O–H groups in total. The molecule has 0 radical (unpaired) electrons. The third-order valence-corrected chi connectivity index (χ3v) is 4.42. The third kappa shape index (κ3) is 3.36. The maximum atomic E-state index is 13.2. The Morgan fingerprint density at radius 1 is 1.20 bits per heavy atom. The molecule has 0 bridgehead atoms. The monoisotopic (exact) mass is 337 g/mol. The molecule has 6 heteroatoms. The van der Waals surface area contributed by atoms with E-state index in [2.05, 4.69) is 5.32 Å². The zero-order valence-electron chi connectivity index (χ0n) is 13.6. The number of halogens is 1. The van der Waals surface area contributed by atoms with Crippen molar-refractivity contribution < 1.29 is 14.0 Å². The molecule has 1 fully saturated rings. The zero-order valence-corrected chi connectivity index (χ0v) is 13.6. The van der Waals surface area contributed by atoms with Gasteiger partial charge in [-0.15, -0.1) is 0 Å². The zero-order chi connectivity index (χ0) is 18.0. The van der Waals surface area contributed by atoms with Crippen LogP contribution in [0.15, 0.2) is 48.5 Å². The molecule has 2 amide bonds. The maximum Gasteiger partial charge on any atom is 0.230 e. The van der Waals surface area contributed by atoms with Crippen molar-refractivity contribution in [3.05, 3.63) is 65.5 Å². The number of carbonyl (C=O) groups excluding carboxylic acids is 2. The van der Waals surface area contributed by atoms with Crippen LogP contribution in [0.1, 0.15) is 23.6 Å². The first kappa shape index (κ1) is 16.7. The van der Waals surface area contributed by atoms with Crippen molar-refractivity contribution in [2.75, 3.05) is 12.4 Å². The molecular weight excluding hydrogens is 321 g/mol. The topological polar surface area (TPSA) is 73.2 Å². The molecule has 1 aliphatic rings. The lowest BCUT2D eigenvalue weighted by molar-refractivity contribution is -0.127. The SMILES string of the molecule is CN1C(=O)CC(C(=O)Nc2ccc(C#N)cc2)C1c1ccc(F)cc1. The Labute approximate surface area is 144 Å². The molecule has 0 aromatic heterocycles. The van der Waals surface area contributed by atoms with E-state index >= 15 is 0 Å². The Morgan fingerprint density at radius 2 is 1.84 bits per heavy atom. The first-order chi connectivity index (χ1) is 12.0. The van der Waals surface area contributed by atoms with E-state index < -0.39 is 12.0 Å². The summed E-state index contributed by atoms with van der Waals surface area (Å²) in [6.07, 6.45) is 0.0979. The fourth-order valence-electron chi connectivity index (χ4n) is 3.08. The summed E-state index contributed by atoms with van der Waals surface area (Å²) in [7, 11) is 1.64. The second kappa shape index (κ2) is 6.73. The number of carbonyl (C=O) groups is 2. The van der Waals surface area contributed by atoms with Gasteiger partial charge in [-0.05, 0) is 42.0 Å². The van der Waals surface area contributed by atoms with Gasteiger partial charge in [0, 0.05) is 19.2 Å². The lowest BCUT2D eigenvalue weighted by atomic mass is 9.93. The summed E-state index contributed by atoms with van der Waals surface area (Å²) in [5, 5.41) is 11.6. The predicted octanol–water partition coefficient (Wildman–Crippen LogP) is 2.86. The maximum absolute atomic E-state index is 13.2. The summed E-state index contributed by atoms with van der Waals surface area (Å²) < 4.78 is 13.2. The van der Waals surface area contributed by atoms with Crippen LogP contribution in [-0.2, 0) is 9.59 Å². The number of hydrogen-bond donors (Lipinski definition) is 1. The molecule has 5 nitrogen and oxygen atoms in total. The third-order valence-electron chi connectivity index (χ3n) is 4.42. The molecule has 25 heavy (non-hydrogen) atoms. The number of anilines is 1. The van der Waals surface area contributed by atoms with Crippen molar-refractivity contribution in [2.45, 2.75) is 12.5 Å². The average Bonchev–Trinajstić information content (AvgIpc) is 2.92. The minimum Gasteiger partial charge on any atom is -0.338 e. The number of rotatable bonds is 3. The molecule has 2 atom stereocenters. The van der Waals surface area contributed by atoms with Gasteiger partial charge in [-0.2, -0.15) is 5.26 Å². The van der Waals surface area contributed by atoms with E-state index in [4.69, 9.17) is 5.26 Å². The lowest BCUT2D eigenvalue weighted by Crippen LogP contribution is -2.30. The molecule has 0 spiro atoms. The van der Waals surface area contributed by atoms with Gasteiger partial charge in [-0.25, -0.2) is 4.39 Å². The van der Waals surface area contributed by atoms with Crippen molar-refractivity contribution in [3.8, 4) is 6.07 Å². The summed E-state index contributed by atoms with van der Waals surface area (Å²) in [4.78, 5) is 26.3. The standard InChI is InChI=1S/C19H16FN3O2/c1-23-17(24)10-16(18(23)13-4-6-14(20)7-5-13)19(25)22-15-8-2-12(11-21)3-9-15/h2-9,16,18H,10H2,1H3,(H,22,25). The first-order valence-electron chi connectivity index (χ1n) is 7.82. The molecule has 2 unspecified atom stereocenters. The van der Waals surface area contributed by atoms with Gasteiger partial charge in [0.25, 0.3) is 0 Å². The van der Waals surface area contributed by atoms with Crippen molar-refractivity contribution in [3.63, 3.8) is 0 Å². The van der Waals surface area contributed by atoms with E-state index in [0.717, 1.165) is 5.56 Å². The van der Waals surface area contributed by atoms with Crippen molar-refractivity contribution in [2.24, 2.45) is 5.92 Å². The highest BCUT2D eigenvalue weighted by Gasteiger charge is 2.42. The normalized spacial score (nSPS) is 19.6. The fourth-order valence-corrected chi connectivity index (χ4v) is 3.08. The molecule has 126 valence electrons. The Kier molecular flexibility index (Phi) is 4.48. The number of benzene rings is 2. The Bertz CT molecular complexity index is 840. The molecule has 2 aromatic carbocycles. The average molecular weight is 337 g/mol. The summed E-state index contributed by atoms with van der Waals surface area (Å²) in [5.41, 5.74) is 1.77. The summed E-state index contributed by atoms with van der Waals surface area (Å²) in [6.45, 7) is 0. The van der Waals surface area contributed by atoms with E-state index in [-0.39, 0.29) is 24.1 Å². The van der Waals surface area contributed by atoms with Crippen molar-refractivity contribution >= 4 is 17.5 Å². The van der Waals surface area contributed by atoms with Gasteiger partial charge in [-0.3, -0.25) is 9.59 Å². The summed E-state index contributed by atoms with van der Waals surface area (Å²) in [6, 6.07) is 13.9. The number of amides is 2. The van der Waals surface area contributed by atoms with Crippen LogP contribution in [0, 0.1) is 23.1 Å². The lowest BCUT2D eigenvalue weighted by Gasteiger charge is -2.25. The molecule has 2 aromatic rings. The quantitative estimate of drug-likeness (QED) is 0.936. The predicted molar refractivity (Wildman–Crippen MR) is 89.8 cm³/mol. The van der Waals surface area contributed by atoms with Gasteiger partial charge in [0.1, 0.15) is 5.82 Å². The number of nitrogens with zero attached hydrogens (tertiary/aromatic N) is 2. The second-order valence-corrected chi connectivity index (χ2v) is 5.99. The Morgan fingerprint density at radius 3 is 2.44 bits per heavy atom. The fraction of sp³-hybridized carbons (Fsp3) is 0.211. The van der Waals surface area contributed by atoms with Crippen LogP contribution < -0.4 is 5.32 Å². The molecule has 1 aliphatic heterocycles. The summed E-state index contributed by atoms with van der Waals surface area (Å²) in [5.74, 6) is -1.35. The number of hydrogen-bond acceptors (Lipinski definition) is 3. The van der Waals surface area contributed by atoms with Crippen molar-refractivity contribution in [1.82, 2.24) is 4.90 Å². The van der Waals surface area contributed by atoms with Crippen LogP contribution in [0.25, 0.3) is 0 Å². The molecule has 0 aliphatic carbocycles. The highest BCUT2D eigenvalue weighted by atomic mass is 19.1. The van der Waals surface area contributed by atoms with Crippen molar-refractivity contribution in [1.29, 1.82) is 5.26 Å². The van der Waals surface area contributed by atoms with Crippen LogP contribution in [0.4, 0.5) is 10.1 Å². The van der Waals surface area contributed by atoms with E-state index in [1.54, 1.807) is 43.4 Å². The number of nitrogens with one attached hydrogen (secondary N) is 1. The highest BCUT2D eigenvalue weighted by molar-refractivity contribution is 5.97. The van der Waals surface area contributed by atoms with E-state index in [9.17, 15) is 14.0 Å². The Balaban J connectivity index is 1.82. The van der Waals surface area contributed by atoms with E-state index in [1.807, 2.05) is 6.07 Å². The molecule has 3 rings (SSSR count). The molecular formula is C19H16FN3O2. The number of likely N-dealkylation sites (tertiary alicyclic amines) is 1. The smallest absolute Gasteiger partial charge is 0.230 e. The molecule has 0 saturated carbocycles.